The van der Waals surface area contributed by atoms with E-state index in [4.69, 9.17) is 5.14 Å². The van der Waals surface area contributed by atoms with Gasteiger partial charge in [0.05, 0.1) is 10.6 Å². The topological polar surface area (TPSA) is 114 Å². The molecule has 1 heterocycles. The number of benzene rings is 2. The van der Waals surface area contributed by atoms with E-state index in [0.29, 0.717) is 17.9 Å². The van der Waals surface area contributed by atoms with Crippen LogP contribution in [0.4, 0.5) is 0 Å². The molecule has 30 heavy (non-hydrogen) atoms. The Morgan fingerprint density at radius 2 is 1.73 bits per heavy atom. The number of hydroxylamine groups is 2. The van der Waals surface area contributed by atoms with Crippen molar-refractivity contribution in [3.8, 4) is 22.4 Å². The SMILES string of the molecule is CN(O)C(=O)CCCc1cnc(-c2ccccc2)c(-c2ccc(S(N)(=O)=O)cc2)c1. The van der Waals surface area contributed by atoms with Gasteiger partial charge in [-0.3, -0.25) is 15.0 Å². The Labute approximate surface area is 175 Å². The third kappa shape index (κ3) is 5.29. The summed E-state index contributed by atoms with van der Waals surface area (Å²) >= 11 is 0. The van der Waals surface area contributed by atoms with Gasteiger partial charge in [0.15, 0.2) is 0 Å². The number of nitrogens with two attached hydrogens (primary N) is 1. The van der Waals surface area contributed by atoms with Crippen molar-refractivity contribution in [2.45, 2.75) is 24.2 Å². The second-order valence-electron chi connectivity index (χ2n) is 6.95. The van der Waals surface area contributed by atoms with Crippen LogP contribution in [0.5, 0.6) is 0 Å². The molecule has 0 aliphatic rings. The minimum atomic E-state index is -3.77. The van der Waals surface area contributed by atoms with Gasteiger partial charge in [0.2, 0.25) is 15.9 Å². The maximum atomic E-state index is 11.6. The van der Waals surface area contributed by atoms with Gasteiger partial charge in [-0.2, -0.15) is 0 Å². The van der Waals surface area contributed by atoms with E-state index in [-0.39, 0.29) is 17.2 Å². The lowest BCUT2D eigenvalue weighted by Crippen LogP contribution is -2.22. The van der Waals surface area contributed by atoms with Gasteiger partial charge in [-0.05, 0) is 42.2 Å². The molecule has 0 saturated carbocycles. The fourth-order valence-corrected chi connectivity index (χ4v) is 3.64. The molecule has 156 valence electrons. The molecular formula is C22H23N3O4S. The molecule has 3 rings (SSSR count). The highest BCUT2D eigenvalue weighted by Gasteiger charge is 2.13. The molecule has 3 aromatic rings. The summed E-state index contributed by atoms with van der Waals surface area (Å²) in [5.74, 6) is -0.345. The summed E-state index contributed by atoms with van der Waals surface area (Å²) in [6.07, 6.45) is 3.19. The van der Waals surface area contributed by atoms with E-state index in [1.165, 1.54) is 19.2 Å². The van der Waals surface area contributed by atoms with Crippen molar-refractivity contribution in [2.24, 2.45) is 5.14 Å². The third-order valence-electron chi connectivity index (χ3n) is 4.70. The van der Waals surface area contributed by atoms with Gasteiger partial charge in [0.25, 0.3) is 0 Å². The van der Waals surface area contributed by atoms with Crippen LogP contribution in [-0.2, 0) is 21.2 Å². The third-order valence-corrected chi connectivity index (χ3v) is 5.63. The van der Waals surface area contributed by atoms with Gasteiger partial charge in [-0.1, -0.05) is 42.5 Å². The van der Waals surface area contributed by atoms with Crippen LogP contribution in [0.2, 0.25) is 0 Å². The molecule has 0 radical (unpaired) electrons. The summed E-state index contributed by atoms with van der Waals surface area (Å²) in [6, 6.07) is 18.0. The first-order chi connectivity index (χ1) is 14.3. The second kappa shape index (κ2) is 9.17. The largest absolute Gasteiger partial charge is 0.286 e. The number of pyridine rings is 1. The van der Waals surface area contributed by atoms with E-state index in [9.17, 15) is 18.4 Å². The first-order valence-corrected chi connectivity index (χ1v) is 10.9. The van der Waals surface area contributed by atoms with Crippen LogP contribution >= 0.6 is 0 Å². The number of sulfonamides is 1. The van der Waals surface area contributed by atoms with E-state index in [1.807, 2.05) is 36.4 Å². The lowest BCUT2D eigenvalue weighted by molar-refractivity contribution is -0.159. The predicted octanol–water partition coefficient (Wildman–Crippen LogP) is 3.23. The molecule has 3 N–H and O–H groups in total. The minimum absolute atomic E-state index is 0.0447. The number of aromatic nitrogens is 1. The van der Waals surface area contributed by atoms with E-state index in [0.717, 1.165) is 27.9 Å². The van der Waals surface area contributed by atoms with Crippen molar-refractivity contribution >= 4 is 15.9 Å². The van der Waals surface area contributed by atoms with Crippen LogP contribution in [0, 0.1) is 0 Å². The summed E-state index contributed by atoms with van der Waals surface area (Å²) < 4.78 is 23.1. The van der Waals surface area contributed by atoms with Crippen molar-refractivity contribution in [2.75, 3.05) is 7.05 Å². The van der Waals surface area contributed by atoms with Crippen LogP contribution in [0.3, 0.4) is 0 Å². The summed E-state index contributed by atoms with van der Waals surface area (Å²) in [7, 11) is -2.46. The highest BCUT2D eigenvalue weighted by molar-refractivity contribution is 7.89. The molecule has 0 fully saturated rings. The molecule has 1 amide bonds. The molecule has 2 aromatic carbocycles. The Balaban J connectivity index is 1.96. The zero-order valence-electron chi connectivity index (χ0n) is 16.5. The number of rotatable bonds is 7. The molecule has 8 heteroatoms. The summed E-state index contributed by atoms with van der Waals surface area (Å²) in [4.78, 5) is 16.3. The summed E-state index contributed by atoms with van der Waals surface area (Å²) in [5.41, 5.74) is 4.31. The Kier molecular flexibility index (Phi) is 6.61. The number of carbonyl (C=O) groups is 1. The van der Waals surface area contributed by atoms with Gasteiger partial charge in [0, 0.05) is 30.8 Å². The Morgan fingerprint density at radius 3 is 2.33 bits per heavy atom. The standard InChI is InChI=1S/C22H23N3O4S/c1-25(27)21(26)9-5-6-16-14-20(17-10-12-19(13-11-17)30(23,28)29)22(24-15-16)18-7-3-2-4-8-18/h2-4,7-8,10-15,27H,5-6,9H2,1H3,(H2,23,28,29). The molecule has 0 aliphatic heterocycles. The molecule has 7 nitrogen and oxygen atoms in total. The van der Waals surface area contributed by atoms with E-state index in [2.05, 4.69) is 4.98 Å². The smallest absolute Gasteiger partial charge is 0.245 e. The average molecular weight is 426 g/mol. The minimum Gasteiger partial charge on any atom is -0.286 e. The number of hydrogen-bond acceptors (Lipinski definition) is 5. The molecule has 0 unspecified atom stereocenters. The highest BCUT2D eigenvalue weighted by Crippen LogP contribution is 2.32. The van der Waals surface area contributed by atoms with Crippen molar-refractivity contribution in [1.82, 2.24) is 10.0 Å². The van der Waals surface area contributed by atoms with Gasteiger partial charge in [0.1, 0.15) is 0 Å². The number of carbonyl (C=O) groups excluding carboxylic acids is 1. The van der Waals surface area contributed by atoms with Crippen LogP contribution in [0.1, 0.15) is 18.4 Å². The van der Waals surface area contributed by atoms with Gasteiger partial charge >= 0.3 is 0 Å². The molecule has 0 atom stereocenters. The first kappa shape index (κ1) is 21.6. The normalized spacial score (nSPS) is 11.3. The number of nitrogens with zero attached hydrogens (tertiary/aromatic N) is 2. The number of hydrogen-bond donors (Lipinski definition) is 2. The quantitative estimate of drug-likeness (QED) is 0.446. The molecule has 0 spiro atoms. The second-order valence-corrected chi connectivity index (χ2v) is 8.51. The summed E-state index contributed by atoms with van der Waals surface area (Å²) in [5, 5.41) is 15.0. The first-order valence-electron chi connectivity index (χ1n) is 9.39. The average Bonchev–Trinajstić information content (AvgIpc) is 2.73. The molecular weight excluding hydrogens is 402 g/mol. The monoisotopic (exact) mass is 425 g/mol. The summed E-state index contributed by atoms with van der Waals surface area (Å²) in [6.45, 7) is 0. The molecule has 0 aliphatic carbocycles. The Bertz CT molecular complexity index is 1130. The number of primary sulfonamides is 1. The Hall–Kier alpha value is -3.07. The lowest BCUT2D eigenvalue weighted by atomic mass is 9.96. The van der Waals surface area contributed by atoms with Gasteiger partial charge in [-0.15, -0.1) is 0 Å². The van der Waals surface area contributed by atoms with Crippen molar-refractivity contribution < 1.29 is 18.4 Å². The van der Waals surface area contributed by atoms with E-state index in [1.54, 1.807) is 18.3 Å². The van der Waals surface area contributed by atoms with Crippen LogP contribution < -0.4 is 5.14 Å². The number of aryl methyl sites for hydroxylation is 1. The molecule has 0 bridgehead atoms. The van der Waals surface area contributed by atoms with E-state index >= 15 is 0 Å². The fourth-order valence-electron chi connectivity index (χ4n) is 3.12. The van der Waals surface area contributed by atoms with Crippen LogP contribution in [0.15, 0.2) is 71.8 Å². The maximum absolute atomic E-state index is 11.6. The Morgan fingerprint density at radius 1 is 1.07 bits per heavy atom. The molecule has 0 saturated heterocycles. The highest BCUT2D eigenvalue weighted by atomic mass is 32.2. The number of amides is 1. The lowest BCUT2D eigenvalue weighted by Gasteiger charge is -2.13. The van der Waals surface area contributed by atoms with Crippen LogP contribution in [-0.4, -0.2) is 36.6 Å². The van der Waals surface area contributed by atoms with E-state index < -0.39 is 10.0 Å². The zero-order valence-corrected chi connectivity index (χ0v) is 17.3. The van der Waals surface area contributed by atoms with Crippen molar-refractivity contribution in [1.29, 1.82) is 0 Å². The van der Waals surface area contributed by atoms with Crippen molar-refractivity contribution in [3.05, 3.63) is 72.4 Å². The van der Waals surface area contributed by atoms with Crippen LogP contribution in [0.25, 0.3) is 22.4 Å². The zero-order chi connectivity index (χ0) is 21.7. The van der Waals surface area contributed by atoms with Gasteiger partial charge in [-0.25, -0.2) is 18.6 Å². The van der Waals surface area contributed by atoms with Gasteiger partial charge < -0.3 is 0 Å². The fraction of sp³-hybridized carbons (Fsp3) is 0.182. The van der Waals surface area contributed by atoms with Crippen molar-refractivity contribution in [3.63, 3.8) is 0 Å². The molecule has 1 aromatic heterocycles. The maximum Gasteiger partial charge on any atom is 0.245 e. The predicted molar refractivity (Wildman–Crippen MR) is 114 cm³/mol.